The Kier molecular flexibility index (Phi) is 4.80. The van der Waals surface area contributed by atoms with Gasteiger partial charge in [0.2, 0.25) is 0 Å². The summed E-state index contributed by atoms with van der Waals surface area (Å²) in [6.07, 6.45) is 2.99. The zero-order valence-corrected chi connectivity index (χ0v) is 11.9. The third kappa shape index (κ3) is 3.71. The Bertz CT molecular complexity index is 536. The van der Waals surface area contributed by atoms with Crippen molar-refractivity contribution in [1.29, 1.82) is 0 Å². The van der Waals surface area contributed by atoms with E-state index in [4.69, 9.17) is 10.5 Å². The van der Waals surface area contributed by atoms with Crippen molar-refractivity contribution >= 4 is 10.8 Å². The highest BCUT2D eigenvalue weighted by atomic mass is 16.5. The van der Waals surface area contributed by atoms with Crippen LogP contribution >= 0.6 is 0 Å². The Hall–Kier alpha value is -1.54. The zero-order chi connectivity index (χ0) is 13.7. The first-order valence-electron chi connectivity index (χ1n) is 7.14. The fraction of sp³-hybridized carbons (Fsp3) is 0.412. The van der Waals surface area contributed by atoms with Crippen LogP contribution in [0, 0.1) is 0 Å². The van der Waals surface area contributed by atoms with Crippen molar-refractivity contribution < 1.29 is 4.74 Å². The van der Waals surface area contributed by atoms with Crippen molar-refractivity contribution in [3.8, 4) is 5.75 Å². The molecular weight excluding hydrogens is 234 g/mol. The Morgan fingerprint density at radius 3 is 2.53 bits per heavy atom. The molecule has 1 unspecified atom stereocenters. The third-order valence-corrected chi connectivity index (χ3v) is 3.37. The van der Waals surface area contributed by atoms with E-state index in [2.05, 4.69) is 44.2 Å². The van der Waals surface area contributed by atoms with Gasteiger partial charge in [-0.3, -0.25) is 0 Å². The summed E-state index contributed by atoms with van der Waals surface area (Å²) >= 11 is 0. The molecule has 2 aromatic carbocycles. The number of hydrogen-bond acceptors (Lipinski definition) is 2. The first kappa shape index (κ1) is 13.9. The average molecular weight is 257 g/mol. The quantitative estimate of drug-likeness (QED) is 0.851. The van der Waals surface area contributed by atoms with E-state index in [9.17, 15) is 0 Å². The molecule has 0 radical (unpaired) electrons. The SMILES string of the molecule is CCCOc1ccc2cc(CC(N)CC)ccc2c1. The summed E-state index contributed by atoms with van der Waals surface area (Å²) in [5.41, 5.74) is 7.32. The summed E-state index contributed by atoms with van der Waals surface area (Å²) in [5, 5.41) is 2.48. The van der Waals surface area contributed by atoms with Crippen LogP contribution in [0.1, 0.15) is 32.3 Å². The van der Waals surface area contributed by atoms with Gasteiger partial charge in [-0.15, -0.1) is 0 Å². The lowest BCUT2D eigenvalue weighted by molar-refractivity contribution is 0.318. The molecule has 0 aliphatic heterocycles. The fourth-order valence-electron chi connectivity index (χ4n) is 2.16. The molecule has 2 N–H and O–H groups in total. The standard InChI is InChI=1S/C17H23NO/c1-3-9-19-17-8-7-14-10-13(11-16(18)4-2)5-6-15(14)12-17/h5-8,10,12,16H,3-4,9,11,18H2,1-2H3. The second-order valence-electron chi connectivity index (χ2n) is 5.06. The Labute approximate surface area is 115 Å². The smallest absolute Gasteiger partial charge is 0.119 e. The average Bonchev–Trinajstić information content (AvgIpc) is 2.44. The molecule has 2 heteroatoms. The Balaban J connectivity index is 2.20. The van der Waals surface area contributed by atoms with Crippen LogP contribution in [0.2, 0.25) is 0 Å². The molecule has 102 valence electrons. The van der Waals surface area contributed by atoms with E-state index in [0.29, 0.717) is 0 Å². The number of hydrogen-bond donors (Lipinski definition) is 1. The van der Waals surface area contributed by atoms with Crippen molar-refractivity contribution in [3.63, 3.8) is 0 Å². The maximum absolute atomic E-state index is 6.01. The number of benzene rings is 2. The first-order valence-corrected chi connectivity index (χ1v) is 7.14. The molecule has 0 aromatic heterocycles. The van der Waals surface area contributed by atoms with Gasteiger partial charge in [-0.1, -0.05) is 38.1 Å². The van der Waals surface area contributed by atoms with Crippen LogP contribution < -0.4 is 10.5 Å². The van der Waals surface area contributed by atoms with Gasteiger partial charge in [0.25, 0.3) is 0 Å². The molecule has 0 bridgehead atoms. The fourth-order valence-corrected chi connectivity index (χ4v) is 2.16. The van der Waals surface area contributed by atoms with Gasteiger partial charge < -0.3 is 10.5 Å². The van der Waals surface area contributed by atoms with Crippen LogP contribution in [0.4, 0.5) is 0 Å². The molecule has 0 spiro atoms. The number of nitrogens with two attached hydrogens (primary N) is 1. The Morgan fingerprint density at radius 1 is 1.05 bits per heavy atom. The summed E-state index contributed by atoms with van der Waals surface area (Å²) in [6.45, 7) is 5.02. The zero-order valence-electron chi connectivity index (χ0n) is 11.9. The molecule has 19 heavy (non-hydrogen) atoms. The molecule has 2 nitrogen and oxygen atoms in total. The van der Waals surface area contributed by atoms with E-state index in [1.165, 1.54) is 16.3 Å². The third-order valence-electron chi connectivity index (χ3n) is 3.37. The van der Waals surface area contributed by atoms with Crippen LogP contribution in [-0.4, -0.2) is 12.6 Å². The van der Waals surface area contributed by atoms with Gasteiger partial charge >= 0.3 is 0 Å². The monoisotopic (exact) mass is 257 g/mol. The minimum absolute atomic E-state index is 0.254. The topological polar surface area (TPSA) is 35.2 Å². The molecule has 0 fully saturated rings. The lowest BCUT2D eigenvalue weighted by Crippen LogP contribution is -2.21. The predicted molar refractivity (Wildman–Crippen MR) is 81.7 cm³/mol. The van der Waals surface area contributed by atoms with E-state index in [1.807, 2.05) is 6.07 Å². The molecule has 0 amide bonds. The molecular formula is C17H23NO. The number of ether oxygens (including phenoxy) is 1. The second-order valence-corrected chi connectivity index (χ2v) is 5.06. The molecule has 0 aliphatic rings. The van der Waals surface area contributed by atoms with E-state index in [-0.39, 0.29) is 6.04 Å². The lowest BCUT2D eigenvalue weighted by atomic mass is 10.0. The summed E-state index contributed by atoms with van der Waals surface area (Å²) in [5.74, 6) is 0.951. The van der Waals surface area contributed by atoms with Crippen LogP contribution in [0.25, 0.3) is 10.8 Å². The molecule has 2 aromatic rings. The van der Waals surface area contributed by atoms with Gasteiger partial charge in [-0.05, 0) is 47.7 Å². The molecule has 1 atom stereocenters. The van der Waals surface area contributed by atoms with E-state index >= 15 is 0 Å². The van der Waals surface area contributed by atoms with Crippen LogP contribution in [-0.2, 0) is 6.42 Å². The normalized spacial score (nSPS) is 12.6. The number of fused-ring (bicyclic) bond motifs is 1. The van der Waals surface area contributed by atoms with Crippen LogP contribution in [0.3, 0.4) is 0 Å². The molecule has 2 rings (SSSR count). The second kappa shape index (κ2) is 6.58. The van der Waals surface area contributed by atoms with Crippen LogP contribution in [0.5, 0.6) is 5.75 Å². The van der Waals surface area contributed by atoms with E-state index < -0.39 is 0 Å². The summed E-state index contributed by atoms with van der Waals surface area (Å²) in [7, 11) is 0. The van der Waals surface area contributed by atoms with Gasteiger partial charge in [0.05, 0.1) is 6.61 Å². The van der Waals surface area contributed by atoms with Gasteiger partial charge in [-0.25, -0.2) is 0 Å². The Morgan fingerprint density at radius 2 is 1.79 bits per heavy atom. The molecule has 0 aliphatic carbocycles. The van der Waals surface area contributed by atoms with Crippen LogP contribution in [0.15, 0.2) is 36.4 Å². The van der Waals surface area contributed by atoms with Gasteiger partial charge in [0.15, 0.2) is 0 Å². The highest BCUT2D eigenvalue weighted by molar-refractivity contribution is 5.84. The minimum Gasteiger partial charge on any atom is -0.494 e. The van der Waals surface area contributed by atoms with Gasteiger partial charge in [0, 0.05) is 6.04 Å². The van der Waals surface area contributed by atoms with E-state index in [0.717, 1.165) is 31.6 Å². The van der Waals surface area contributed by atoms with Crippen molar-refractivity contribution in [2.45, 2.75) is 39.2 Å². The van der Waals surface area contributed by atoms with Crippen molar-refractivity contribution in [2.24, 2.45) is 5.73 Å². The molecule has 0 saturated heterocycles. The molecule has 0 heterocycles. The number of rotatable bonds is 6. The highest BCUT2D eigenvalue weighted by Gasteiger charge is 2.03. The maximum Gasteiger partial charge on any atom is 0.119 e. The van der Waals surface area contributed by atoms with Gasteiger partial charge in [-0.2, -0.15) is 0 Å². The van der Waals surface area contributed by atoms with Crippen molar-refractivity contribution in [2.75, 3.05) is 6.61 Å². The van der Waals surface area contributed by atoms with Crippen molar-refractivity contribution in [3.05, 3.63) is 42.0 Å². The highest BCUT2D eigenvalue weighted by Crippen LogP contribution is 2.22. The predicted octanol–water partition coefficient (Wildman–Crippen LogP) is 3.91. The van der Waals surface area contributed by atoms with E-state index in [1.54, 1.807) is 0 Å². The van der Waals surface area contributed by atoms with Gasteiger partial charge in [0.1, 0.15) is 5.75 Å². The summed E-state index contributed by atoms with van der Waals surface area (Å²) in [6, 6.07) is 13.1. The largest absolute Gasteiger partial charge is 0.494 e. The minimum atomic E-state index is 0.254. The lowest BCUT2D eigenvalue weighted by Gasteiger charge is -2.10. The summed E-state index contributed by atoms with van der Waals surface area (Å²) in [4.78, 5) is 0. The first-order chi connectivity index (χ1) is 9.22. The molecule has 0 saturated carbocycles. The maximum atomic E-state index is 6.01. The van der Waals surface area contributed by atoms with Crippen molar-refractivity contribution in [1.82, 2.24) is 0 Å². The summed E-state index contributed by atoms with van der Waals surface area (Å²) < 4.78 is 5.66.